The van der Waals surface area contributed by atoms with Crippen molar-refractivity contribution in [1.82, 2.24) is 5.32 Å². The molecule has 1 aliphatic rings. The average Bonchev–Trinajstić information content (AvgIpc) is 2.85. The Balaban J connectivity index is 2.07. The maximum Gasteiger partial charge on any atom is 0.105 e. The average molecular weight is 219 g/mol. The van der Waals surface area contributed by atoms with Crippen molar-refractivity contribution in [2.24, 2.45) is 0 Å². The van der Waals surface area contributed by atoms with E-state index in [-0.39, 0.29) is 0 Å². The molecule has 15 heavy (non-hydrogen) atoms. The van der Waals surface area contributed by atoms with Crippen LogP contribution >= 0.6 is 11.3 Å². The van der Waals surface area contributed by atoms with Crippen LogP contribution in [-0.4, -0.2) is 6.54 Å². The molecule has 0 saturated heterocycles. The molecule has 0 spiro atoms. The lowest BCUT2D eigenvalue weighted by atomic mass is 9.96. The molecular formula is C12H13NOS. The summed E-state index contributed by atoms with van der Waals surface area (Å²) >= 11 is 1.86. The molecule has 3 heteroatoms. The molecule has 0 radical (unpaired) electrons. The Morgan fingerprint density at radius 1 is 1.40 bits per heavy atom. The van der Waals surface area contributed by atoms with Gasteiger partial charge in [0.15, 0.2) is 0 Å². The van der Waals surface area contributed by atoms with Crippen molar-refractivity contribution in [3.63, 3.8) is 0 Å². The summed E-state index contributed by atoms with van der Waals surface area (Å²) < 4.78 is 5.37. The molecule has 3 heterocycles. The third-order valence-electron chi connectivity index (χ3n) is 3.00. The SMILES string of the molecule is Cc1occc1C1NCCc2sccc21. The van der Waals surface area contributed by atoms with Crippen molar-refractivity contribution in [3.8, 4) is 0 Å². The third kappa shape index (κ3) is 1.43. The molecule has 2 nitrogen and oxygen atoms in total. The number of rotatable bonds is 1. The van der Waals surface area contributed by atoms with Crippen molar-refractivity contribution in [2.75, 3.05) is 6.54 Å². The molecule has 1 atom stereocenters. The van der Waals surface area contributed by atoms with Gasteiger partial charge in [0.2, 0.25) is 0 Å². The van der Waals surface area contributed by atoms with Gasteiger partial charge in [0, 0.05) is 17.0 Å². The molecule has 0 aromatic carbocycles. The Morgan fingerprint density at radius 3 is 3.13 bits per heavy atom. The molecule has 3 rings (SSSR count). The molecule has 0 amide bonds. The van der Waals surface area contributed by atoms with E-state index in [0.717, 1.165) is 18.7 Å². The van der Waals surface area contributed by atoms with Crippen LogP contribution < -0.4 is 5.32 Å². The van der Waals surface area contributed by atoms with Gasteiger partial charge in [-0.05, 0) is 36.4 Å². The van der Waals surface area contributed by atoms with Crippen LogP contribution in [0.4, 0.5) is 0 Å². The lowest BCUT2D eigenvalue weighted by molar-refractivity contribution is 0.512. The van der Waals surface area contributed by atoms with Crippen molar-refractivity contribution in [3.05, 3.63) is 45.5 Å². The van der Waals surface area contributed by atoms with E-state index in [1.165, 1.54) is 16.0 Å². The Kier molecular flexibility index (Phi) is 2.15. The molecule has 2 aromatic heterocycles. The van der Waals surface area contributed by atoms with Crippen LogP contribution in [-0.2, 0) is 6.42 Å². The zero-order valence-corrected chi connectivity index (χ0v) is 9.43. The van der Waals surface area contributed by atoms with E-state index < -0.39 is 0 Å². The highest BCUT2D eigenvalue weighted by Crippen LogP contribution is 2.33. The first-order chi connectivity index (χ1) is 7.36. The van der Waals surface area contributed by atoms with Gasteiger partial charge in [-0.25, -0.2) is 0 Å². The predicted molar refractivity (Wildman–Crippen MR) is 61.3 cm³/mol. The monoisotopic (exact) mass is 219 g/mol. The largest absolute Gasteiger partial charge is 0.469 e. The molecular weight excluding hydrogens is 206 g/mol. The number of fused-ring (bicyclic) bond motifs is 1. The van der Waals surface area contributed by atoms with Gasteiger partial charge in [-0.3, -0.25) is 0 Å². The van der Waals surface area contributed by atoms with E-state index >= 15 is 0 Å². The summed E-state index contributed by atoms with van der Waals surface area (Å²) in [6, 6.07) is 4.63. The molecule has 78 valence electrons. The minimum Gasteiger partial charge on any atom is -0.469 e. The second-order valence-corrected chi connectivity index (χ2v) is 4.87. The minimum atomic E-state index is 0.332. The van der Waals surface area contributed by atoms with Crippen molar-refractivity contribution in [1.29, 1.82) is 0 Å². The smallest absolute Gasteiger partial charge is 0.105 e. The molecule has 1 unspecified atom stereocenters. The van der Waals surface area contributed by atoms with E-state index in [1.807, 2.05) is 18.3 Å². The highest BCUT2D eigenvalue weighted by atomic mass is 32.1. The van der Waals surface area contributed by atoms with Crippen molar-refractivity contribution in [2.45, 2.75) is 19.4 Å². The van der Waals surface area contributed by atoms with Crippen LogP contribution in [0, 0.1) is 6.92 Å². The van der Waals surface area contributed by atoms with E-state index in [9.17, 15) is 0 Å². The highest BCUT2D eigenvalue weighted by molar-refractivity contribution is 7.10. The van der Waals surface area contributed by atoms with Crippen LogP contribution in [0.25, 0.3) is 0 Å². The number of furan rings is 1. The van der Waals surface area contributed by atoms with Gasteiger partial charge >= 0.3 is 0 Å². The molecule has 1 N–H and O–H groups in total. The Hall–Kier alpha value is -1.06. The van der Waals surface area contributed by atoms with Gasteiger partial charge in [0.05, 0.1) is 12.3 Å². The number of hydrogen-bond acceptors (Lipinski definition) is 3. The fraction of sp³-hybridized carbons (Fsp3) is 0.333. The lowest BCUT2D eigenvalue weighted by Crippen LogP contribution is -2.29. The summed E-state index contributed by atoms with van der Waals surface area (Å²) in [4.78, 5) is 1.51. The van der Waals surface area contributed by atoms with Gasteiger partial charge in [-0.15, -0.1) is 11.3 Å². The molecule has 1 aliphatic heterocycles. The third-order valence-corrected chi connectivity index (χ3v) is 4.00. The first kappa shape index (κ1) is 9.19. The maximum absolute atomic E-state index is 5.37. The topological polar surface area (TPSA) is 25.2 Å². The first-order valence-corrected chi connectivity index (χ1v) is 6.08. The van der Waals surface area contributed by atoms with Crippen LogP contribution in [0.3, 0.4) is 0 Å². The molecule has 0 fully saturated rings. The quantitative estimate of drug-likeness (QED) is 0.797. The van der Waals surface area contributed by atoms with Crippen LogP contribution in [0.15, 0.2) is 28.2 Å². The molecule has 0 aliphatic carbocycles. The maximum atomic E-state index is 5.37. The number of nitrogens with one attached hydrogen (secondary N) is 1. The summed E-state index contributed by atoms with van der Waals surface area (Å²) in [5.74, 6) is 1.02. The second kappa shape index (κ2) is 3.51. The molecule has 0 bridgehead atoms. The number of aryl methyl sites for hydroxylation is 1. The Morgan fingerprint density at radius 2 is 2.33 bits per heavy atom. The van der Waals surface area contributed by atoms with E-state index in [4.69, 9.17) is 4.42 Å². The lowest BCUT2D eigenvalue weighted by Gasteiger charge is -2.23. The van der Waals surface area contributed by atoms with E-state index in [1.54, 1.807) is 6.26 Å². The zero-order valence-electron chi connectivity index (χ0n) is 8.62. The second-order valence-electron chi connectivity index (χ2n) is 3.87. The number of hydrogen-bond donors (Lipinski definition) is 1. The summed E-state index contributed by atoms with van der Waals surface area (Å²) in [7, 11) is 0. The van der Waals surface area contributed by atoms with Crippen LogP contribution in [0.5, 0.6) is 0 Å². The Labute approximate surface area is 92.9 Å². The van der Waals surface area contributed by atoms with Crippen molar-refractivity contribution >= 4 is 11.3 Å². The standard InChI is InChI=1S/C12H13NOS/c1-8-9(3-6-14-8)12-10-4-7-15-11(10)2-5-13-12/h3-4,6-7,12-13H,2,5H2,1H3. The minimum absolute atomic E-state index is 0.332. The van der Waals surface area contributed by atoms with E-state index in [0.29, 0.717) is 6.04 Å². The number of thiophene rings is 1. The normalized spacial score (nSPS) is 20.2. The highest BCUT2D eigenvalue weighted by Gasteiger charge is 2.24. The van der Waals surface area contributed by atoms with Gasteiger partial charge in [0.25, 0.3) is 0 Å². The fourth-order valence-electron chi connectivity index (χ4n) is 2.22. The summed E-state index contributed by atoms with van der Waals surface area (Å²) in [6.07, 6.45) is 2.92. The van der Waals surface area contributed by atoms with Gasteiger partial charge in [-0.1, -0.05) is 0 Å². The van der Waals surface area contributed by atoms with Gasteiger partial charge in [0.1, 0.15) is 5.76 Å². The Bertz CT molecular complexity index is 471. The molecule has 0 saturated carbocycles. The van der Waals surface area contributed by atoms with Crippen molar-refractivity contribution < 1.29 is 4.42 Å². The van der Waals surface area contributed by atoms with E-state index in [2.05, 4.69) is 22.8 Å². The van der Waals surface area contributed by atoms with Gasteiger partial charge < -0.3 is 9.73 Å². The zero-order chi connectivity index (χ0) is 10.3. The summed E-state index contributed by atoms with van der Waals surface area (Å²) in [5.41, 5.74) is 2.70. The van der Waals surface area contributed by atoms with Crippen LogP contribution in [0.2, 0.25) is 0 Å². The predicted octanol–water partition coefficient (Wildman–Crippen LogP) is 2.88. The fourth-order valence-corrected chi connectivity index (χ4v) is 3.14. The molecule has 2 aromatic rings. The van der Waals surface area contributed by atoms with Crippen LogP contribution in [0.1, 0.15) is 27.8 Å². The summed E-state index contributed by atoms with van der Waals surface area (Å²) in [5, 5.41) is 5.73. The summed E-state index contributed by atoms with van der Waals surface area (Å²) in [6.45, 7) is 3.08. The first-order valence-electron chi connectivity index (χ1n) is 5.20. The van der Waals surface area contributed by atoms with Gasteiger partial charge in [-0.2, -0.15) is 0 Å².